The molecule has 0 heteroatoms. The van der Waals surface area contributed by atoms with Gasteiger partial charge in [-0.2, -0.15) is 0 Å². The molecular formula is C69H62. The van der Waals surface area contributed by atoms with Crippen LogP contribution in [-0.4, -0.2) is 0 Å². The number of rotatable bonds is 7. The van der Waals surface area contributed by atoms with E-state index in [1.807, 2.05) is 0 Å². The second kappa shape index (κ2) is 15.8. The van der Waals surface area contributed by atoms with Gasteiger partial charge < -0.3 is 0 Å². The molecule has 0 bridgehead atoms. The van der Waals surface area contributed by atoms with E-state index in [0.717, 1.165) is 12.8 Å². The van der Waals surface area contributed by atoms with E-state index >= 15 is 0 Å². The van der Waals surface area contributed by atoms with Crippen molar-refractivity contribution in [1.29, 1.82) is 0 Å². The standard InChI is InChI=1S/C69H62/c1-66(2,3)51-42-58-57-38-35-49(40-63(57)69(65(58)64(43-51)67(4,5)6)60-24-16-13-21-54(60)55-22-14-17-25-61(55)69)47-31-33-48(34-32-47)52(37-28-44-26-29-46(30-27-44)45-18-10-9-11-19-45)50-36-39-56-53-20-12-15-23-59(53)68(7,8)62(56)41-50/h9-27,29-36,38-43,52H,28,37H2,1-8H3. The second-order valence-electron chi connectivity index (χ2n) is 22.8. The molecule has 0 fully saturated rings. The summed E-state index contributed by atoms with van der Waals surface area (Å²) in [7, 11) is 0. The minimum absolute atomic E-state index is 0.00394. The van der Waals surface area contributed by atoms with Gasteiger partial charge in [0.15, 0.2) is 0 Å². The van der Waals surface area contributed by atoms with Crippen LogP contribution in [0.25, 0.3) is 55.6 Å². The number of hydrogen-bond acceptors (Lipinski definition) is 0. The first-order chi connectivity index (χ1) is 33.2. The number of aryl methyl sites for hydroxylation is 1. The summed E-state index contributed by atoms with van der Waals surface area (Å²) >= 11 is 0. The summed E-state index contributed by atoms with van der Waals surface area (Å²) in [6.45, 7) is 19.1. The monoisotopic (exact) mass is 890 g/mol. The Hall–Kier alpha value is -7.02. The van der Waals surface area contributed by atoms with Gasteiger partial charge in [-0.3, -0.25) is 0 Å². The molecule has 9 aromatic carbocycles. The number of fused-ring (bicyclic) bond motifs is 13. The fourth-order valence-electron chi connectivity index (χ4n) is 12.7. The highest BCUT2D eigenvalue weighted by atomic mass is 14.5. The van der Waals surface area contributed by atoms with Crippen LogP contribution in [0.4, 0.5) is 0 Å². The predicted octanol–water partition coefficient (Wildman–Crippen LogP) is 18.0. The fraction of sp³-hybridized carbons (Fsp3) is 0.217. The van der Waals surface area contributed by atoms with Crippen molar-refractivity contribution in [3.05, 3.63) is 261 Å². The predicted molar refractivity (Wildman–Crippen MR) is 292 cm³/mol. The summed E-state index contributed by atoms with van der Waals surface area (Å²) in [4.78, 5) is 0. The largest absolute Gasteiger partial charge is 0.0728 e. The summed E-state index contributed by atoms with van der Waals surface area (Å²) in [6, 6.07) is 76.9. The zero-order chi connectivity index (χ0) is 47.5. The maximum atomic E-state index is 2.56. The molecule has 0 radical (unpaired) electrons. The Balaban J connectivity index is 0.971. The highest BCUT2D eigenvalue weighted by molar-refractivity contribution is 5.97. The van der Waals surface area contributed by atoms with Crippen LogP contribution in [0, 0.1) is 0 Å². The van der Waals surface area contributed by atoms with Gasteiger partial charge in [0.1, 0.15) is 0 Å². The maximum absolute atomic E-state index is 2.56. The molecule has 0 aliphatic heterocycles. The summed E-state index contributed by atoms with van der Waals surface area (Å²) in [5.74, 6) is 0.231. The Morgan fingerprint density at radius 1 is 0.377 bits per heavy atom. The molecule has 0 saturated carbocycles. The molecule has 1 atom stereocenters. The minimum Gasteiger partial charge on any atom is -0.0622 e. The lowest BCUT2D eigenvalue weighted by molar-refractivity contribution is 0.558. The van der Waals surface area contributed by atoms with Crippen LogP contribution >= 0.6 is 0 Å². The maximum Gasteiger partial charge on any atom is 0.0728 e. The second-order valence-corrected chi connectivity index (χ2v) is 22.8. The van der Waals surface area contributed by atoms with Crippen molar-refractivity contribution in [2.24, 2.45) is 0 Å². The van der Waals surface area contributed by atoms with E-state index in [1.165, 1.54) is 117 Å². The zero-order valence-electron chi connectivity index (χ0n) is 41.5. The van der Waals surface area contributed by atoms with Gasteiger partial charge in [0.05, 0.1) is 5.41 Å². The zero-order valence-corrected chi connectivity index (χ0v) is 41.5. The Morgan fingerprint density at radius 2 is 0.870 bits per heavy atom. The first-order valence-corrected chi connectivity index (χ1v) is 25.3. The molecule has 9 aromatic rings. The van der Waals surface area contributed by atoms with E-state index in [0.29, 0.717) is 0 Å². The lowest BCUT2D eigenvalue weighted by atomic mass is 9.65. The molecule has 0 saturated heterocycles. The molecule has 0 heterocycles. The lowest BCUT2D eigenvalue weighted by Crippen LogP contribution is -2.30. The molecule has 3 aliphatic carbocycles. The van der Waals surface area contributed by atoms with Gasteiger partial charge in [-0.15, -0.1) is 0 Å². The fourth-order valence-corrected chi connectivity index (χ4v) is 12.7. The van der Waals surface area contributed by atoms with Crippen molar-refractivity contribution in [3.63, 3.8) is 0 Å². The number of benzene rings is 9. The summed E-state index contributed by atoms with van der Waals surface area (Å²) in [5.41, 5.74) is 28.1. The van der Waals surface area contributed by atoms with Crippen LogP contribution in [0.2, 0.25) is 0 Å². The van der Waals surface area contributed by atoms with Crippen LogP contribution in [-0.2, 0) is 28.1 Å². The number of hydrogen-bond donors (Lipinski definition) is 0. The Labute approximate surface area is 410 Å². The molecule has 0 nitrogen and oxygen atoms in total. The van der Waals surface area contributed by atoms with Crippen molar-refractivity contribution in [3.8, 4) is 55.6 Å². The topological polar surface area (TPSA) is 0 Å². The molecule has 0 N–H and O–H groups in total. The first-order valence-electron chi connectivity index (χ1n) is 25.3. The van der Waals surface area contributed by atoms with Gasteiger partial charge in [-0.1, -0.05) is 250 Å². The quantitative estimate of drug-likeness (QED) is 0.150. The molecule has 3 aliphatic rings. The van der Waals surface area contributed by atoms with Gasteiger partial charge >= 0.3 is 0 Å². The average Bonchev–Trinajstić information content (AvgIpc) is 3.92. The minimum atomic E-state index is -0.432. The summed E-state index contributed by atoms with van der Waals surface area (Å²) in [6.07, 6.45) is 2.01. The van der Waals surface area contributed by atoms with E-state index < -0.39 is 5.41 Å². The van der Waals surface area contributed by atoms with Crippen molar-refractivity contribution >= 4 is 0 Å². The molecule has 12 rings (SSSR count). The average molecular weight is 891 g/mol. The third-order valence-electron chi connectivity index (χ3n) is 16.3. The molecule has 1 unspecified atom stereocenters. The van der Waals surface area contributed by atoms with Gasteiger partial charge in [-0.25, -0.2) is 0 Å². The van der Waals surface area contributed by atoms with E-state index in [4.69, 9.17) is 0 Å². The molecule has 1 spiro atoms. The third-order valence-corrected chi connectivity index (χ3v) is 16.3. The lowest BCUT2D eigenvalue weighted by Gasteiger charge is -2.36. The Kier molecular flexibility index (Phi) is 9.88. The van der Waals surface area contributed by atoms with Gasteiger partial charge in [-0.05, 0) is 147 Å². The van der Waals surface area contributed by atoms with Crippen LogP contribution in [0.5, 0.6) is 0 Å². The van der Waals surface area contributed by atoms with Crippen LogP contribution in [0.1, 0.15) is 129 Å². The van der Waals surface area contributed by atoms with Gasteiger partial charge in [0.25, 0.3) is 0 Å². The molecular weight excluding hydrogens is 829 g/mol. The van der Waals surface area contributed by atoms with Crippen molar-refractivity contribution in [2.75, 3.05) is 0 Å². The van der Waals surface area contributed by atoms with Crippen molar-refractivity contribution < 1.29 is 0 Å². The molecule has 69 heavy (non-hydrogen) atoms. The van der Waals surface area contributed by atoms with Crippen LogP contribution in [0.15, 0.2) is 200 Å². The highest BCUT2D eigenvalue weighted by Crippen LogP contribution is 2.65. The van der Waals surface area contributed by atoms with Crippen LogP contribution < -0.4 is 0 Å². The smallest absolute Gasteiger partial charge is 0.0622 e. The van der Waals surface area contributed by atoms with E-state index in [2.05, 4.69) is 256 Å². The Bertz CT molecular complexity index is 3410. The van der Waals surface area contributed by atoms with E-state index in [1.54, 1.807) is 0 Å². The SMILES string of the molecule is CC(C)(C)c1cc2c(c(C(C)(C)C)c1)C1(c3ccccc3-c3ccccc31)c1cc(-c3ccc(C(CCc4ccc(-c5ccccc5)cc4)c4ccc5c(c4)C(C)(C)c4ccccc4-5)cc3)ccc1-2. The van der Waals surface area contributed by atoms with Gasteiger partial charge in [0, 0.05) is 11.3 Å². The van der Waals surface area contributed by atoms with Gasteiger partial charge in [0.2, 0.25) is 0 Å². The van der Waals surface area contributed by atoms with Crippen molar-refractivity contribution in [2.45, 2.75) is 95.8 Å². The Morgan fingerprint density at radius 3 is 1.51 bits per heavy atom. The van der Waals surface area contributed by atoms with Crippen LogP contribution in [0.3, 0.4) is 0 Å². The summed E-state index contributed by atoms with van der Waals surface area (Å²) < 4.78 is 0. The normalized spacial score (nSPS) is 15.0. The molecule has 338 valence electrons. The molecule has 0 amide bonds. The first kappa shape index (κ1) is 43.3. The van der Waals surface area contributed by atoms with E-state index in [-0.39, 0.29) is 22.2 Å². The third kappa shape index (κ3) is 6.77. The van der Waals surface area contributed by atoms with E-state index in [9.17, 15) is 0 Å². The van der Waals surface area contributed by atoms with Crippen molar-refractivity contribution in [1.82, 2.24) is 0 Å². The molecule has 0 aromatic heterocycles. The summed E-state index contributed by atoms with van der Waals surface area (Å²) in [5, 5.41) is 0. The highest BCUT2D eigenvalue weighted by Gasteiger charge is 2.54.